The van der Waals surface area contributed by atoms with Crippen molar-refractivity contribution in [1.29, 1.82) is 5.26 Å². The van der Waals surface area contributed by atoms with Crippen molar-refractivity contribution >= 4 is 23.0 Å². The predicted octanol–water partition coefficient (Wildman–Crippen LogP) is 4.85. The van der Waals surface area contributed by atoms with Crippen LogP contribution in [0.2, 0.25) is 5.02 Å². The molecule has 0 aromatic heterocycles. The fraction of sp³-hybridized carbons (Fsp3) is 0.0714. The molecule has 0 aliphatic heterocycles. The van der Waals surface area contributed by atoms with Gasteiger partial charge in [-0.05, 0) is 36.4 Å². The maximum Gasteiger partial charge on any atom is 0.573 e. The summed E-state index contributed by atoms with van der Waals surface area (Å²) in [6.07, 6.45) is -4.73. The lowest BCUT2D eigenvalue weighted by Crippen LogP contribution is -2.16. The lowest BCUT2D eigenvalue weighted by molar-refractivity contribution is -0.274. The first-order chi connectivity index (χ1) is 9.89. The Kier molecular flexibility index (Phi) is 4.24. The monoisotopic (exact) mass is 312 g/mol. The van der Waals surface area contributed by atoms with E-state index in [0.29, 0.717) is 16.4 Å². The van der Waals surface area contributed by atoms with E-state index in [0.717, 1.165) is 0 Å². The van der Waals surface area contributed by atoms with Crippen molar-refractivity contribution < 1.29 is 17.9 Å². The number of halogens is 4. The number of hydrogen-bond donors (Lipinski definition) is 1. The van der Waals surface area contributed by atoms with Crippen LogP contribution >= 0.6 is 11.6 Å². The van der Waals surface area contributed by atoms with Crippen molar-refractivity contribution in [2.24, 2.45) is 0 Å². The zero-order valence-corrected chi connectivity index (χ0v) is 11.2. The van der Waals surface area contributed by atoms with Crippen LogP contribution < -0.4 is 10.1 Å². The number of ether oxygens (including phenoxy) is 1. The number of anilines is 2. The van der Waals surface area contributed by atoms with Crippen molar-refractivity contribution in [3.63, 3.8) is 0 Å². The van der Waals surface area contributed by atoms with E-state index in [9.17, 15) is 13.2 Å². The normalized spacial score (nSPS) is 10.8. The summed E-state index contributed by atoms with van der Waals surface area (Å²) in [7, 11) is 0. The van der Waals surface area contributed by atoms with E-state index in [4.69, 9.17) is 16.9 Å². The molecule has 2 rings (SSSR count). The number of nitriles is 1. The average molecular weight is 313 g/mol. The summed E-state index contributed by atoms with van der Waals surface area (Å²) in [5, 5.41) is 12.2. The number of alkyl halides is 3. The highest BCUT2D eigenvalue weighted by Gasteiger charge is 2.30. The predicted molar refractivity (Wildman–Crippen MR) is 72.6 cm³/mol. The average Bonchev–Trinajstić information content (AvgIpc) is 2.40. The molecule has 2 aromatic rings. The van der Waals surface area contributed by atoms with Gasteiger partial charge in [-0.25, -0.2) is 0 Å². The van der Waals surface area contributed by atoms with E-state index < -0.39 is 6.36 Å². The Bertz CT molecular complexity index is 678. The van der Waals surface area contributed by atoms with Gasteiger partial charge in [0.15, 0.2) is 0 Å². The van der Waals surface area contributed by atoms with Crippen molar-refractivity contribution in [2.45, 2.75) is 6.36 Å². The zero-order valence-electron chi connectivity index (χ0n) is 10.4. The van der Waals surface area contributed by atoms with Gasteiger partial charge in [0.2, 0.25) is 0 Å². The van der Waals surface area contributed by atoms with Crippen LogP contribution in [0, 0.1) is 11.3 Å². The second kappa shape index (κ2) is 5.94. The third-order valence-corrected chi connectivity index (χ3v) is 2.81. The van der Waals surface area contributed by atoms with E-state index in [1.807, 2.05) is 6.07 Å². The first-order valence-corrected chi connectivity index (χ1v) is 6.08. The van der Waals surface area contributed by atoms with Crippen LogP contribution in [0.25, 0.3) is 0 Å². The summed E-state index contributed by atoms with van der Waals surface area (Å²) in [6.45, 7) is 0. The Morgan fingerprint density at radius 1 is 1.10 bits per heavy atom. The standard InChI is InChI=1S/C14H8ClF3N2O/c15-12-2-1-3-13(11(12)8-19)20-9-4-6-10(7-5-9)21-14(16,17)18/h1-7,20H. The van der Waals surface area contributed by atoms with Crippen LogP contribution in [0.4, 0.5) is 24.5 Å². The molecule has 7 heteroatoms. The van der Waals surface area contributed by atoms with E-state index in [1.165, 1.54) is 24.3 Å². The van der Waals surface area contributed by atoms with Crippen LogP contribution in [0.3, 0.4) is 0 Å². The second-order valence-corrected chi connectivity index (χ2v) is 4.38. The Balaban J connectivity index is 2.18. The highest BCUT2D eigenvalue weighted by Crippen LogP contribution is 2.28. The topological polar surface area (TPSA) is 45.0 Å². The van der Waals surface area contributed by atoms with Crippen molar-refractivity contribution in [3.05, 3.63) is 53.1 Å². The zero-order chi connectivity index (χ0) is 15.5. The minimum atomic E-state index is -4.73. The van der Waals surface area contributed by atoms with Gasteiger partial charge in [-0.2, -0.15) is 5.26 Å². The molecule has 0 radical (unpaired) electrons. The molecule has 2 aromatic carbocycles. The molecule has 0 aliphatic rings. The Hall–Kier alpha value is -2.39. The first kappa shape index (κ1) is 15.0. The number of rotatable bonds is 3. The van der Waals surface area contributed by atoms with E-state index in [-0.39, 0.29) is 11.3 Å². The molecule has 0 aliphatic carbocycles. The number of benzene rings is 2. The maximum absolute atomic E-state index is 12.0. The largest absolute Gasteiger partial charge is 0.573 e. The minimum absolute atomic E-state index is 0.259. The summed E-state index contributed by atoms with van der Waals surface area (Å²) >= 11 is 5.89. The first-order valence-electron chi connectivity index (χ1n) is 5.70. The van der Waals surface area contributed by atoms with Gasteiger partial charge in [0.1, 0.15) is 11.8 Å². The van der Waals surface area contributed by atoms with Crippen LogP contribution in [-0.4, -0.2) is 6.36 Å². The summed E-state index contributed by atoms with van der Waals surface area (Å²) in [6, 6.07) is 12.0. The summed E-state index contributed by atoms with van der Waals surface area (Å²) in [4.78, 5) is 0. The quantitative estimate of drug-likeness (QED) is 0.880. The van der Waals surface area contributed by atoms with Gasteiger partial charge in [0.25, 0.3) is 0 Å². The third kappa shape index (κ3) is 4.04. The molecule has 3 nitrogen and oxygen atoms in total. The molecular formula is C14H8ClF3N2O. The number of nitrogens with one attached hydrogen (secondary N) is 1. The minimum Gasteiger partial charge on any atom is -0.406 e. The fourth-order valence-electron chi connectivity index (χ4n) is 1.64. The van der Waals surface area contributed by atoms with Gasteiger partial charge >= 0.3 is 6.36 Å². The Morgan fingerprint density at radius 3 is 2.33 bits per heavy atom. The molecule has 0 unspecified atom stereocenters. The summed E-state index contributed by atoms with van der Waals surface area (Å²) in [5.41, 5.74) is 1.23. The third-order valence-electron chi connectivity index (χ3n) is 2.49. The van der Waals surface area contributed by atoms with Gasteiger partial charge in [0, 0.05) is 5.69 Å². The Morgan fingerprint density at radius 2 is 1.76 bits per heavy atom. The van der Waals surface area contributed by atoms with Gasteiger partial charge in [-0.3, -0.25) is 0 Å². The van der Waals surface area contributed by atoms with E-state index in [2.05, 4.69) is 10.1 Å². The summed E-state index contributed by atoms with van der Waals surface area (Å²) in [5.74, 6) is -0.320. The van der Waals surface area contributed by atoms with Crippen LogP contribution in [0.5, 0.6) is 5.75 Å². The number of hydrogen-bond acceptors (Lipinski definition) is 3. The van der Waals surface area contributed by atoms with E-state index >= 15 is 0 Å². The Labute approximate surface area is 123 Å². The van der Waals surface area contributed by atoms with Crippen LogP contribution in [0.1, 0.15) is 5.56 Å². The van der Waals surface area contributed by atoms with Gasteiger partial charge in [0.05, 0.1) is 16.3 Å². The molecular weight excluding hydrogens is 305 g/mol. The highest BCUT2D eigenvalue weighted by molar-refractivity contribution is 6.32. The van der Waals surface area contributed by atoms with Crippen LogP contribution in [0.15, 0.2) is 42.5 Å². The molecule has 0 fully saturated rings. The van der Waals surface area contributed by atoms with Gasteiger partial charge in [-0.15, -0.1) is 13.2 Å². The lowest BCUT2D eigenvalue weighted by Gasteiger charge is -2.11. The van der Waals surface area contributed by atoms with E-state index in [1.54, 1.807) is 18.2 Å². The molecule has 21 heavy (non-hydrogen) atoms. The molecule has 0 amide bonds. The van der Waals surface area contributed by atoms with Crippen LogP contribution in [-0.2, 0) is 0 Å². The maximum atomic E-state index is 12.0. The molecule has 108 valence electrons. The molecule has 1 N–H and O–H groups in total. The van der Waals surface area contributed by atoms with Gasteiger partial charge in [-0.1, -0.05) is 17.7 Å². The smallest absolute Gasteiger partial charge is 0.406 e. The van der Waals surface area contributed by atoms with Crippen molar-refractivity contribution in [1.82, 2.24) is 0 Å². The molecule has 0 heterocycles. The molecule has 0 bridgehead atoms. The highest BCUT2D eigenvalue weighted by atomic mass is 35.5. The SMILES string of the molecule is N#Cc1c(Cl)cccc1Nc1ccc(OC(F)(F)F)cc1. The van der Waals surface area contributed by atoms with Gasteiger partial charge < -0.3 is 10.1 Å². The summed E-state index contributed by atoms with van der Waals surface area (Å²) < 4.78 is 39.9. The molecule has 0 spiro atoms. The fourth-order valence-corrected chi connectivity index (χ4v) is 1.85. The molecule has 0 saturated heterocycles. The number of nitrogens with zero attached hydrogens (tertiary/aromatic N) is 1. The second-order valence-electron chi connectivity index (χ2n) is 3.97. The molecule has 0 saturated carbocycles. The van der Waals surface area contributed by atoms with Crippen molar-refractivity contribution in [2.75, 3.05) is 5.32 Å². The lowest BCUT2D eigenvalue weighted by atomic mass is 10.2. The molecule has 0 atom stereocenters. The van der Waals surface area contributed by atoms with Crippen molar-refractivity contribution in [3.8, 4) is 11.8 Å².